The van der Waals surface area contributed by atoms with Gasteiger partial charge in [-0.2, -0.15) is 0 Å². The zero-order chi connectivity index (χ0) is 23.1. The number of para-hydroxylation sites is 2. The molecule has 164 valence electrons. The molecule has 4 heteroatoms. The average molecular weight is 442 g/mol. The van der Waals surface area contributed by atoms with Crippen molar-refractivity contribution in [3.05, 3.63) is 103 Å². The SMILES string of the molecule is CCn1c(-c2ccccc2O)nc2c(-c3cccc(-c4nccc5ccccc45)c3)cccc21. The van der Waals surface area contributed by atoms with E-state index in [1.807, 2.05) is 30.5 Å². The Morgan fingerprint density at radius 3 is 2.41 bits per heavy atom. The molecule has 0 aliphatic rings. The van der Waals surface area contributed by atoms with Gasteiger partial charge in [-0.3, -0.25) is 4.98 Å². The van der Waals surface area contributed by atoms with Crippen LogP contribution in [0.1, 0.15) is 6.92 Å². The normalized spacial score (nSPS) is 11.3. The van der Waals surface area contributed by atoms with Gasteiger partial charge in [0.2, 0.25) is 0 Å². The third-order valence-corrected chi connectivity index (χ3v) is 6.36. The van der Waals surface area contributed by atoms with E-state index in [-0.39, 0.29) is 5.75 Å². The van der Waals surface area contributed by atoms with Gasteiger partial charge in [0.25, 0.3) is 0 Å². The summed E-state index contributed by atoms with van der Waals surface area (Å²) in [5.74, 6) is 1.01. The number of pyridine rings is 1. The Hall–Kier alpha value is -4.44. The van der Waals surface area contributed by atoms with E-state index in [1.165, 1.54) is 5.39 Å². The first-order valence-electron chi connectivity index (χ1n) is 11.5. The second kappa shape index (κ2) is 8.16. The van der Waals surface area contributed by atoms with E-state index >= 15 is 0 Å². The van der Waals surface area contributed by atoms with Crippen molar-refractivity contribution in [3.63, 3.8) is 0 Å². The maximum atomic E-state index is 10.5. The van der Waals surface area contributed by atoms with Crippen LogP contribution in [0.25, 0.3) is 55.6 Å². The maximum Gasteiger partial charge on any atom is 0.144 e. The number of hydrogen-bond acceptors (Lipinski definition) is 3. The molecule has 34 heavy (non-hydrogen) atoms. The van der Waals surface area contributed by atoms with Gasteiger partial charge in [-0.25, -0.2) is 4.98 Å². The maximum absolute atomic E-state index is 10.5. The third-order valence-electron chi connectivity index (χ3n) is 6.36. The number of aryl methyl sites for hydroxylation is 1. The van der Waals surface area contributed by atoms with Crippen molar-refractivity contribution in [1.29, 1.82) is 0 Å². The zero-order valence-electron chi connectivity index (χ0n) is 18.8. The molecular weight excluding hydrogens is 418 g/mol. The summed E-state index contributed by atoms with van der Waals surface area (Å²) in [6.07, 6.45) is 1.87. The van der Waals surface area contributed by atoms with E-state index in [2.05, 4.69) is 78.2 Å². The molecule has 0 saturated carbocycles. The lowest BCUT2D eigenvalue weighted by Crippen LogP contribution is -1.97. The molecule has 0 unspecified atom stereocenters. The minimum atomic E-state index is 0.234. The van der Waals surface area contributed by atoms with Crippen LogP contribution in [-0.2, 0) is 6.54 Å². The summed E-state index contributed by atoms with van der Waals surface area (Å²) in [6, 6.07) is 32.5. The van der Waals surface area contributed by atoms with E-state index in [0.29, 0.717) is 0 Å². The summed E-state index contributed by atoms with van der Waals surface area (Å²) in [7, 11) is 0. The van der Waals surface area contributed by atoms with Crippen molar-refractivity contribution in [1.82, 2.24) is 14.5 Å². The Bertz CT molecular complexity index is 1660. The summed E-state index contributed by atoms with van der Waals surface area (Å²) in [4.78, 5) is 9.74. The molecule has 0 atom stereocenters. The molecule has 0 saturated heterocycles. The first-order chi connectivity index (χ1) is 16.7. The van der Waals surface area contributed by atoms with Crippen molar-refractivity contribution in [3.8, 4) is 39.5 Å². The molecule has 0 aliphatic heterocycles. The summed E-state index contributed by atoms with van der Waals surface area (Å²) in [6.45, 7) is 2.85. The van der Waals surface area contributed by atoms with Crippen LogP contribution in [0.2, 0.25) is 0 Å². The molecular formula is C30H23N3O. The van der Waals surface area contributed by atoms with Crippen LogP contribution in [0.4, 0.5) is 0 Å². The summed E-state index contributed by atoms with van der Waals surface area (Å²) in [5, 5.41) is 12.8. The molecule has 0 aliphatic carbocycles. The molecule has 0 radical (unpaired) electrons. The van der Waals surface area contributed by atoms with Gasteiger partial charge in [-0.05, 0) is 48.2 Å². The fourth-order valence-electron chi connectivity index (χ4n) is 4.75. The van der Waals surface area contributed by atoms with Gasteiger partial charge in [0.15, 0.2) is 0 Å². The fourth-order valence-corrected chi connectivity index (χ4v) is 4.75. The summed E-state index contributed by atoms with van der Waals surface area (Å²) < 4.78 is 2.16. The smallest absolute Gasteiger partial charge is 0.144 e. The van der Waals surface area contributed by atoms with Gasteiger partial charge >= 0.3 is 0 Å². The third kappa shape index (κ3) is 3.23. The Labute approximate surface area is 197 Å². The van der Waals surface area contributed by atoms with Crippen molar-refractivity contribution in [2.75, 3.05) is 0 Å². The van der Waals surface area contributed by atoms with Crippen molar-refractivity contribution < 1.29 is 5.11 Å². The quantitative estimate of drug-likeness (QED) is 0.312. The van der Waals surface area contributed by atoms with Gasteiger partial charge in [-0.1, -0.05) is 66.7 Å². The number of phenolic OH excluding ortho intramolecular Hbond substituents is 1. The van der Waals surface area contributed by atoms with E-state index in [0.717, 1.165) is 56.7 Å². The van der Waals surface area contributed by atoms with Crippen molar-refractivity contribution in [2.45, 2.75) is 13.5 Å². The first-order valence-corrected chi connectivity index (χ1v) is 11.5. The van der Waals surface area contributed by atoms with E-state index < -0.39 is 0 Å². The number of nitrogens with zero attached hydrogens (tertiary/aromatic N) is 3. The number of aromatic nitrogens is 3. The molecule has 0 bridgehead atoms. The van der Waals surface area contributed by atoms with Crippen LogP contribution in [0.3, 0.4) is 0 Å². The molecule has 0 fully saturated rings. The number of benzene rings is 4. The molecule has 6 rings (SSSR count). The second-order valence-electron chi connectivity index (χ2n) is 8.33. The number of fused-ring (bicyclic) bond motifs is 2. The highest BCUT2D eigenvalue weighted by Crippen LogP contribution is 2.36. The van der Waals surface area contributed by atoms with E-state index in [4.69, 9.17) is 9.97 Å². The molecule has 0 spiro atoms. The lowest BCUT2D eigenvalue weighted by molar-refractivity contribution is 0.476. The molecule has 0 amide bonds. The molecule has 1 N–H and O–H groups in total. The van der Waals surface area contributed by atoms with Gasteiger partial charge in [0.05, 0.1) is 22.3 Å². The van der Waals surface area contributed by atoms with E-state index in [9.17, 15) is 5.11 Å². The number of rotatable bonds is 4. The molecule has 2 aromatic heterocycles. The van der Waals surface area contributed by atoms with Crippen LogP contribution < -0.4 is 0 Å². The summed E-state index contributed by atoms with van der Waals surface area (Å²) >= 11 is 0. The van der Waals surface area contributed by atoms with Crippen molar-refractivity contribution >= 4 is 21.8 Å². The van der Waals surface area contributed by atoms with Crippen LogP contribution in [0, 0.1) is 0 Å². The van der Waals surface area contributed by atoms with Crippen LogP contribution in [0.15, 0.2) is 103 Å². The molecule has 4 aromatic carbocycles. The largest absolute Gasteiger partial charge is 0.507 e. The first kappa shape index (κ1) is 20.2. The van der Waals surface area contributed by atoms with Gasteiger partial charge in [-0.15, -0.1) is 0 Å². The molecule has 4 nitrogen and oxygen atoms in total. The highest BCUT2D eigenvalue weighted by Gasteiger charge is 2.17. The molecule has 2 heterocycles. The van der Waals surface area contributed by atoms with Crippen molar-refractivity contribution in [2.24, 2.45) is 0 Å². The van der Waals surface area contributed by atoms with Gasteiger partial charge < -0.3 is 9.67 Å². The second-order valence-corrected chi connectivity index (χ2v) is 8.33. The average Bonchev–Trinajstić information content (AvgIpc) is 3.27. The lowest BCUT2D eigenvalue weighted by atomic mass is 9.98. The topological polar surface area (TPSA) is 50.9 Å². The van der Waals surface area contributed by atoms with Crippen LogP contribution in [0.5, 0.6) is 5.75 Å². The predicted molar refractivity (Wildman–Crippen MR) is 139 cm³/mol. The zero-order valence-corrected chi connectivity index (χ0v) is 18.8. The predicted octanol–water partition coefficient (Wildman–Crippen LogP) is 7.31. The Balaban J connectivity index is 1.55. The highest BCUT2D eigenvalue weighted by atomic mass is 16.3. The number of phenols is 1. The van der Waals surface area contributed by atoms with Crippen LogP contribution in [-0.4, -0.2) is 19.6 Å². The molecule has 6 aromatic rings. The Kier molecular flexibility index (Phi) is 4.84. The van der Waals surface area contributed by atoms with Crippen LogP contribution >= 0.6 is 0 Å². The number of aromatic hydroxyl groups is 1. The minimum absolute atomic E-state index is 0.234. The van der Waals surface area contributed by atoms with Gasteiger partial charge in [0, 0.05) is 29.3 Å². The lowest BCUT2D eigenvalue weighted by Gasteiger charge is -2.09. The number of hydrogen-bond donors (Lipinski definition) is 1. The highest BCUT2D eigenvalue weighted by molar-refractivity contribution is 5.98. The fraction of sp³-hybridized carbons (Fsp3) is 0.0667. The Morgan fingerprint density at radius 2 is 1.53 bits per heavy atom. The summed E-state index contributed by atoms with van der Waals surface area (Å²) in [5.41, 5.74) is 6.90. The Morgan fingerprint density at radius 1 is 0.765 bits per heavy atom. The van der Waals surface area contributed by atoms with Gasteiger partial charge in [0.1, 0.15) is 11.6 Å². The standard InChI is InChI=1S/C30H23N3O/c1-2-33-26-15-8-14-24(29(26)32-30(33)25-13-5-6-16-27(25)34)21-10-7-11-22(19-21)28-23-12-4-3-9-20(23)17-18-31-28/h3-19,34H,2H2,1H3. The number of imidazole rings is 1. The monoisotopic (exact) mass is 441 g/mol. The minimum Gasteiger partial charge on any atom is -0.507 e. The van der Waals surface area contributed by atoms with E-state index in [1.54, 1.807) is 6.07 Å².